The molecule has 4 nitrogen and oxygen atoms in total. The molecule has 22 heavy (non-hydrogen) atoms. The van der Waals surface area contributed by atoms with Crippen LogP contribution in [0.5, 0.6) is 0 Å². The lowest BCUT2D eigenvalue weighted by atomic mass is 10.2. The van der Waals surface area contributed by atoms with Crippen LogP contribution in [0.2, 0.25) is 0 Å². The number of anilines is 1. The summed E-state index contributed by atoms with van der Waals surface area (Å²) in [5, 5.41) is 6.65. The van der Waals surface area contributed by atoms with Crippen LogP contribution in [0.25, 0.3) is 15.7 Å². The second kappa shape index (κ2) is 5.27. The van der Waals surface area contributed by atoms with E-state index in [0.717, 1.165) is 0 Å². The molecule has 0 unspecified atom stereocenters. The van der Waals surface area contributed by atoms with Gasteiger partial charge in [0.05, 0.1) is 0 Å². The number of nitrogens with zero attached hydrogens (tertiary/aromatic N) is 2. The first-order chi connectivity index (χ1) is 10.8. The highest BCUT2D eigenvalue weighted by atomic mass is 32.1. The lowest BCUT2D eigenvalue weighted by Crippen LogP contribution is -2.15. The average Bonchev–Trinajstić information content (AvgIpc) is 2.96. The number of nitrogens with one attached hydrogen (secondary N) is 1. The van der Waals surface area contributed by atoms with Crippen molar-refractivity contribution in [2.24, 2.45) is 0 Å². The Bertz CT molecular complexity index is 1020. The van der Waals surface area contributed by atoms with Crippen molar-refractivity contribution in [3.8, 4) is 0 Å². The van der Waals surface area contributed by atoms with Gasteiger partial charge in [0.25, 0.3) is 5.56 Å². The summed E-state index contributed by atoms with van der Waals surface area (Å²) in [5.74, 6) is 0.603. The summed E-state index contributed by atoms with van der Waals surface area (Å²) >= 11 is 1.73. The van der Waals surface area contributed by atoms with Crippen LogP contribution >= 0.6 is 11.3 Å². The van der Waals surface area contributed by atoms with Crippen LogP contribution in [-0.2, 0) is 6.54 Å². The van der Waals surface area contributed by atoms with E-state index < -0.39 is 0 Å². The molecule has 5 heteroatoms. The molecule has 0 radical (unpaired) electrons. The Hall–Kier alpha value is -2.66. The maximum atomic E-state index is 12.1. The first-order valence-electron chi connectivity index (χ1n) is 6.99. The Labute approximate surface area is 130 Å². The van der Waals surface area contributed by atoms with Crippen LogP contribution in [0.1, 0.15) is 5.56 Å². The Morgan fingerprint density at radius 3 is 2.95 bits per heavy atom. The molecule has 0 saturated heterocycles. The third kappa shape index (κ3) is 2.25. The van der Waals surface area contributed by atoms with Crippen molar-refractivity contribution >= 4 is 32.9 Å². The topological polar surface area (TPSA) is 46.4 Å². The third-order valence-electron chi connectivity index (χ3n) is 3.59. The van der Waals surface area contributed by atoms with Gasteiger partial charge < -0.3 is 5.32 Å². The number of aromatic nitrogens is 2. The first kappa shape index (κ1) is 13.0. The molecule has 0 aliphatic heterocycles. The number of hydrogen-bond acceptors (Lipinski definition) is 4. The standard InChI is InChI=1S/C17H13N3OS/c21-17-9-15(19-16-7-3-4-8-20(16)17)18-10-12-11-22-14-6-2-1-5-13(12)14/h1-9,11,18H,10H2. The molecular weight excluding hydrogens is 294 g/mol. The van der Waals surface area contributed by atoms with Crippen molar-refractivity contribution in [3.05, 3.63) is 76.0 Å². The zero-order chi connectivity index (χ0) is 14.9. The van der Waals surface area contributed by atoms with Crippen LogP contribution in [0, 0.1) is 0 Å². The molecule has 0 bridgehead atoms. The lowest BCUT2D eigenvalue weighted by molar-refractivity contribution is 1.03. The molecule has 0 fully saturated rings. The van der Waals surface area contributed by atoms with Crippen LogP contribution < -0.4 is 10.9 Å². The van der Waals surface area contributed by atoms with Gasteiger partial charge in [0.2, 0.25) is 0 Å². The van der Waals surface area contributed by atoms with Crippen molar-refractivity contribution in [1.29, 1.82) is 0 Å². The number of hydrogen-bond donors (Lipinski definition) is 1. The fourth-order valence-corrected chi connectivity index (χ4v) is 3.46. The number of pyridine rings is 1. The van der Waals surface area contributed by atoms with Gasteiger partial charge in [-0.15, -0.1) is 11.3 Å². The van der Waals surface area contributed by atoms with E-state index in [1.807, 2.05) is 30.3 Å². The van der Waals surface area contributed by atoms with Crippen molar-refractivity contribution in [2.75, 3.05) is 5.32 Å². The molecule has 108 valence electrons. The minimum Gasteiger partial charge on any atom is -0.366 e. The van der Waals surface area contributed by atoms with Crippen molar-refractivity contribution in [2.45, 2.75) is 6.54 Å². The Morgan fingerprint density at radius 1 is 1.14 bits per heavy atom. The lowest BCUT2D eigenvalue weighted by Gasteiger charge is -2.06. The maximum Gasteiger partial charge on any atom is 0.259 e. The van der Waals surface area contributed by atoms with Crippen LogP contribution in [-0.4, -0.2) is 9.38 Å². The predicted octanol–water partition coefficient (Wildman–Crippen LogP) is 3.52. The van der Waals surface area contributed by atoms with E-state index in [9.17, 15) is 4.79 Å². The highest BCUT2D eigenvalue weighted by Gasteiger charge is 2.05. The SMILES string of the molecule is O=c1cc(NCc2csc3ccccc23)nc2ccccn12. The van der Waals surface area contributed by atoms with Gasteiger partial charge in [-0.25, -0.2) is 4.98 Å². The molecule has 0 amide bonds. The maximum absolute atomic E-state index is 12.1. The van der Waals surface area contributed by atoms with Gasteiger partial charge >= 0.3 is 0 Å². The molecule has 1 aromatic carbocycles. The van der Waals surface area contributed by atoms with Gasteiger partial charge in [0.15, 0.2) is 0 Å². The van der Waals surface area contributed by atoms with E-state index in [0.29, 0.717) is 18.0 Å². The van der Waals surface area contributed by atoms with Crippen molar-refractivity contribution in [1.82, 2.24) is 9.38 Å². The van der Waals surface area contributed by atoms with Crippen molar-refractivity contribution < 1.29 is 0 Å². The number of thiophene rings is 1. The summed E-state index contributed by atoms with van der Waals surface area (Å²) < 4.78 is 2.80. The summed E-state index contributed by atoms with van der Waals surface area (Å²) in [5.41, 5.74) is 1.78. The summed E-state index contributed by atoms with van der Waals surface area (Å²) in [4.78, 5) is 16.5. The highest BCUT2D eigenvalue weighted by Crippen LogP contribution is 2.26. The largest absolute Gasteiger partial charge is 0.366 e. The Kier molecular flexibility index (Phi) is 3.12. The van der Waals surface area contributed by atoms with Crippen LogP contribution in [0.15, 0.2) is 64.9 Å². The molecular formula is C17H13N3OS. The zero-order valence-corrected chi connectivity index (χ0v) is 12.5. The van der Waals surface area contributed by atoms with Gasteiger partial charge in [-0.3, -0.25) is 9.20 Å². The summed E-state index contributed by atoms with van der Waals surface area (Å²) in [6.45, 7) is 0.652. The van der Waals surface area contributed by atoms with E-state index in [-0.39, 0.29) is 5.56 Å². The van der Waals surface area contributed by atoms with Gasteiger partial charge in [-0.05, 0) is 34.5 Å². The molecule has 0 atom stereocenters. The van der Waals surface area contributed by atoms with Gasteiger partial charge in [-0.2, -0.15) is 0 Å². The number of benzene rings is 1. The van der Waals surface area contributed by atoms with Crippen molar-refractivity contribution in [3.63, 3.8) is 0 Å². The molecule has 3 aromatic heterocycles. The minimum absolute atomic E-state index is 0.0803. The molecule has 0 aliphatic carbocycles. The average molecular weight is 307 g/mol. The fourth-order valence-electron chi connectivity index (χ4n) is 2.50. The predicted molar refractivity (Wildman–Crippen MR) is 90.6 cm³/mol. The van der Waals surface area contributed by atoms with E-state index in [1.54, 1.807) is 17.5 Å². The quantitative estimate of drug-likeness (QED) is 0.630. The molecule has 0 spiro atoms. The van der Waals surface area contributed by atoms with Gasteiger partial charge in [0.1, 0.15) is 11.5 Å². The van der Waals surface area contributed by atoms with E-state index in [1.165, 1.54) is 26.1 Å². The minimum atomic E-state index is -0.0803. The monoisotopic (exact) mass is 307 g/mol. The van der Waals surface area contributed by atoms with Crippen LogP contribution in [0.3, 0.4) is 0 Å². The Morgan fingerprint density at radius 2 is 2.00 bits per heavy atom. The summed E-state index contributed by atoms with van der Waals surface area (Å²) in [6.07, 6.45) is 1.72. The molecule has 1 N–H and O–H groups in total. The molecule has 4 aromatic rings. The van der Waals surface area contributed by atoms with E-state index in [4.69, 9.17) is 0 Å². The van der Waals surface area contributed by atoms with E-state index in [2.05, 4.69) is 27.8 Å². The zero-order valence-electron chi connectivity index (χ0n) is 11.7. The second-order valence-corrected chi connectivity index (χ2v) is 5.93. The summed E-state index contributed by atoms with van der Waals surface area (Å²) in [7, 11) is 0. The second-order valence-electron chi connectivity index (χ2n) is 5.02. The van der Waals surface area contributed by atoms with E-state index >= 15 is 0 Å². The normalized spacial score (nSPS) is 11.1. The smallest absolute Gasteiger partial charge is 0.259 e. The number of rotatable bonds is 3. The number of fused-ring (bicyclic) bond motifs is 2. The van der Waals surface area contributed by atoms with Crippen LogP contribution in [0.4, 0.5) is 5.82 Å². The highest BCUT2D eigenvalue weighted by molar-refractivity contribution is 7.17. The molecule has 0 saturated carbocycles. The van der Waals surface area contributed by atoms with Gasteiger partial charge in [0, 0.05) is 23.5 Å². The molecule has 4 rings (SSSR count). The van der Waals surface area contributed by atoms with Gasteiger partial charge in [-0.1, -0.05) is 24.3 Å². The first-order valence-corrected chi connectivity index (χ1v) is 7.87. The molecule has 0 aliphatic rings. The Balaban J connectivity index is 1.65. The molecule has 3 heterocycles. The fraction of sp³-hybridized carbons (Fsp3) is 0.0588. The third-order valence-corrected chi connectivity index (χ3v) is 4.60. The summed E-state index contributed by atoms with van der Waals surface area (Å²) in [6, 6.07) is 15.4.